The first-order valence-corrected chi connectivity index (χ1v) is 7.62. The molecule has 1 aliphatic rings. The van der Waals surface area contributed by atoms with Crippen LogP contribution in [-0.4, -0.2) is 34.5 Å². The van der Waals surface area contributed by atoms with Crippen LogP contribution in [0.5, 0.6) is 0 Å². The molecule has 4 nitrogen and oxygen atoms in total. The van der Waals surface area contributed by atoms with Crippen LogP contribution >= 0.6 is 0 Å². The second-order valence-corrected chi connectivity index (χ2v) is 5.48. The van der Waals surface area contributed by atoms with Crippen molar-refractivity contribution in [3.8, 4) is 0 Å². The summed E-state index contributed by atoms with van der Waals surface area (Å²) in [5.74, 6) is -0.605. The lowest BCUT2D eigenvalue weighted by atomic mass is 9.92. The molecule has 1 fully saturated rings. The Morgan fingerprint density at radius 3 is 2.21 bits per heavy atom. The minimum Gasteiger partial charge on any atom is -0.481 e. The molecule has 0 spiro atoms. The Balaban J connectivity index is 2.71. The van der Waals surface area contributed by atoms with Crippen molar-refractivity contribution < 1.29 is 14.7 Å². The molecule has 1 aliphatic carbocycles. The van der Waals surface area contributed by atoms with Crippen LogP contribution in [0.2, 0.25) is 0 Å². The van der Waals surface area contributed by atoms with Gasteiger partial charge in [-0.15, -0.1) is 0 Å². The van der Waals surface area contributed by atoms with E-state index in [0.717, 1.165) is 38.5 Å². The molecule has 0 unspecified atom stereocenters. The highest BCUT2D eigenvalue weighted by Crippen LogP contribution is 2.25. The average molecular weight is 269 g/mol. The topological polar surface area (TPSA) is 57.6 Å². The van der Waals surface area contributed by atoms with E-state index in [1.807, 2.05) is 18.7 Å². The maximum absolute atomic E-state index is 12.6. The number of carbonyl (C=O) groups is 2. The van der Waals surface area contributed by atoms with Crippen molar-refractivity contribution in [2.75, 3.05) is 6.54 Å². The summed E-state index contributed by atoms with van der Waals surface area (Å²) in [5.41, 5.74) is 0. The van der Waals surface area contributed by atoms with E-state index in [1.54, 1.807) is 0 Å². The van der Waals surface area contributed by atoms with Crippen molar-refractivity contribution in [3.63, 3.8) is 0 Å². The van der Waals surface area contributed by atoms with Gasteiger partial charge in [0.2, 0.25) is 5.91 Å². The van der Waals surface area contributed by atoms with Gasteiger partial charge in [-0.25, -0.2) is 0 Å². The Bertz CT molecular complexity index is 294. The molecule has 0 aliphatic heterocycles. The van der Waals surface area contributed by atoms with Crippen molar-refractivity contribution in [2.45, 2.75) is 71.3 Å². The predicted molar refractivity (Wildman–Crippen MR) is 74.9 cm³/mol. The Hall–Kier alpha value is -1.06. The molecule has 4 heteroatoms. The van der Waals surface area contributed by atoms with E-state index in [0.29, 0.717) is 6.54 Å². The molecule has 0 radical (unpaired) electrons. The molecular weight excluding hydrogens is 242 g/mol. The molecule has 0 bridgehead atoms. The monoisotopic (exact) mass is 269 g/mol. The first-order chi connectivity index (χ1) is 9.10. The summed E-state index contributed by atoms with van der Waals surface area (Å²) >= 11 is 0. The maximum atomic E-state index is 12.6. The summed E-state index contributed by atoms with van der Waals surface area (Å²) in [6.45, 7) is 4.43. The van der Waals surface area contributed by atoms with E-state index in [-0.39, 0.29) is 24.3 Å². The van der Waals surface area contributed by atoms with Gasteiger partial charge in [-0.05, 0) is 25.7 Å². The highest BCUT2D eigenvalue weighted by Gasteiger charge is 2.29. The number of carboxylic acids is 1. The summed E-state index contributed by atoms with van der Waals surface area (Å²) in [6, 6.07) is 0.265. The van der Waals surface area contributed by atoms with Gasteiger partial charge in [-0.3, -0.25) is 9.59 Å². The molecule has 0 aromatic carbocycles. The molecule has 1 amide bonds. The zero-order valence-electron chi connectivity index (χ0n) is 12.2. The number of carboxylic acid groups (broad SMARTS) is 1. The molecule has 0 aromatic heterocycles. The van der Waals surface area contributed by atoms with Crippen molar-refractivity contribution in [1.29, 1.82) is 0 Å². The number of hydrogen-bond donors (Lipinski definition) is 1. The smallest absolute Gasteiger partial charge is 0.305 e. The second-order valence-electron chi connectivity index (χ2n) is 5.48. The SMILES string of the molecule is CCC(CC)C(=O)N(CCC(=O)O)C1CCCCC1. The van der Waals surface area contributed by atoms with Crippen LogP contribution in [0.1, 0.15) is 65.2 Å². The highest BCUT2D eigenvalue weighted by molar-refractivity contribution is 5.79. The number of rotatable bonds is 7. The summed E-state index contributed by atoms with van der Waals surface area (Å²) in [5, 5.41) is 8.86. The lowest BCUT2D eigenvalue weighted by Gasteiger charge is -2.36. The number of amides is 1. The molecule has 1 N–H and O–H groups in total. The summed E-state index contributed by atoms with van der Waals surface area (Å²) in [4.78, 5) is 25.2. The van der Waals surface area contributed by atoms with Crippen molar-refractivity contribution >= 4 is 11.9 Å². The van der Waals surface area contributed by atoms with Crippen LogP contribution in [0.4, 0.5) is 0 Å². The van der Waals surface area contributed by atoms with Crippen LogP contribution in [0, 0.1) is 5.92 Å². The fourth-order valence-corrected chi connectivity index (χ4v) is 2.95. The normalized spacial score (nSPS) is 16.6. The number of hydrogen-bond acceptors (Lipinski definition) is 2. The van der Waals surface area contributed by atoms with Gasteiger partial charge in [0.1, 0.15) is 0 Å². The van der Waals surface area contributed by atoms with E-state index in [4.69, 9.17) is 5.11 Å². The van der Waals surface area contributed by atoms with Gasteiger partial charge < -0.3 is 10.0 Å². The molecular formula is C15H27NO3. The first-order valence-electron chi connectivity index (χ1n) is 7.62. The molecule has 0 aromatic rings. The second kappa shape index (κ2) is 8.18. The minimum atomic E-state index is -0.821. The quantitative estimate of drug-likeness (QED) is 0.772. The maximum Gasteiger partial charge on any atom is 0.305 e. The standard InChI is InChI=1S/C15H27NO3/c1-3-12(4-2)15(19)16(11-10-14(17)18)13-8-6-5-7-9-13/h12-13H,3-11H2,1-2H3,(H,17,18). The Kier molecular flexibility index (Phi) is 6.89. The summed E-state index contributed by atoms with van der Waals surface area (Å²) in [7, 11) is 0. The molecule has 1 rings (SSSR count). The Morgan fingerprint density at radius 1 is 1.16 bits per heavy atom. The Labute approximate surface area is 116 Å². The molecule has 1 saturated carbocycles. The van der Waals surface area contributed by atoms with Gasteiger partial charge in [-0.1, -0.05) is 33.1 Å². The van der Waals surface area contributed by atoms with Gasteiger partial charge in [0.05, 0.1) is 6.42 Å². The van der Waals surface area contributed by atoms with Crippen LogP contribution in [0.25, 0.3) is 0 Å². The van der Waals surface area contributed by atoms with Gasteiger partial charge in [0.25, 0.3) is 0 Å². The van der Waals surface area contributed by atoms with Crippen LogP contribution in [0.3, 0.4) is 0 Å². The minimum absolute atomic E-state index is 0.0516. The van der Waals surface area contributed by atoms with Crippen molar-refractivity contribution in [2.24, 2.45) is 5.92 Å². The predicted octanol–water partition coefficient (Wildman–Crippen LogP) is 3.06. The summed E-state index contributed by atoms with van der Waals surface area (Å²) < 4.78 is 0. The lowest BCUT2D eigenvalue weighted by Crippen LogP contribution is -2.45. The van der Waals surface area contributed by atoms with E-state index < -0.39 is 5.97 Å². The summed E-state index contributed by atoms with van der Waals surface area (Å²) in [6.07, 6.45) is 7.36. The largest absolute Gasteiger partial charge is 0.481 e. The highest BCUT2D eigenvalue weighted by atomic mass is 16.4. The van der Waals surface area contributed by atoms with Crippen molar-refractivity contribution in [3.05, 3.63) is 0 Å². The van der Waals surface area contributed by atoms with Gasteiger partial charge in [0, 0.05) is 18.5 Å². The molecule has 19 heavy (non-hydrogen) atoms. The number of nitrogens with zero attached hydrogens (tertiary/aromatic N) is 1. The third-order valence-electron chi connectivity index (χ3n) is 4.20. The number of carbonyl (C=O) groups excluding carboxylic acids is 1. The molecule has 110 valence electrons. The van der Waals surface area contributed by atoms with E-state index in [1.165, 1.54) is 6.42 Å². The first kappa shape index (κ1) is 16.0. The van der Waals surface area contributed by atoms with E-state index in [9.17, 15) is 9.59 Å². The van der Waals surface area contributed by atoms with E-state index in [2.05, 4.69) is 0 Å². The van der Waals surface area contributed by atoms with Gasteiger partial charge in [-0.2, -0.15) is 0 Å². The molecule has 0 atom stereocenters. The van der Waals surface area contributed by atoms with Crippen LogP contribution in [0.15, 0.2) is 0 Å². The zero-order valence-corrected chi connectivity index (χ0v) is 12.2. The third kappa shape index (κ3) is 4.84. The van der Waals surface area contributed by atoms with Gasteiger partial charge in [0.15, 0.2) is 0 Å². The average Bonchev–Trinajstić information content (AvgIpc) is 2.41. The van der Waals surface area contributed by atoms with Gasteiger partial charge >= 0.3 is 5.97 Å². The lowest BCUT2D eigenvalue weighted by molar-refractivity contribution is -0.142. The van der Waals surface area contributed by atoms with Crippen molar-refractivity contribution in [1.82, 2.24) is 4.90 Å². The zero-order chi connectivity index (χ0) is 14.3. The number of aliphatic carboxylic acids is 1. The molecule has 0 heterocycles. The van der Waals surface area contributed by atoms with Crippen LogP contribution in [-0.2, 0) is 9.59 Å². The fraction of sp³-hybridized carbons (Fsp3) is 0.867. The third-order valence-corrected chi connectivity index (χ3v) is 4.20. The molecule has 0 saturated heterocycles. The Morgan fingerprint density at radius 2 is 1.74 bits per heavy atom. The fourth-order valence-electron chi connectivity index (χ4n) is 2.95. The van der Waals surface area contributed by atoms with Crippen LogP contribution < -0.4 is 0 Å². The van der Waals surface area contributed by atoms with E-state index >= 15 is 0 Å².